The second-order valence-electron chi connectivity index (χ2n) is 5.22. The number of hydrogen-bond donors (Lipinski definition) is 1. The van der Waals surface area contributed by atoms with E-state index in [4.69, 9.17) is 5.73 Å². The predicted molar refractivity (Wildman–Crippen MR) is 79.0 cm³/mol. The second kappa shape index (κ2) is 6.18. The molecular formula is C14H22BrN3O. The van der Waals surface area contributed by atoms with E-state index >= 15 is 0 Å². The van der Waals surface area contributed by atoms with Gasteiger partial charge in [-0.05, 0) is 42.1 Å². The standard InChI is InChI=1S/C14H22BrN3O/c1-3-11-14(15)12(18(4-2)17-11)8-13(19)9-6-5-7-10(9)16/h9-10H,3-8,16H2,1-2H3. The van der Waals surface area contributed by atoms with Crippen LogP contribution in [0.15, 0.2) is 4.47 Å². The number of aromatic nitrogens is 2. The molecule has 5 heteroatoms. The van der Waals surface area contributed by atoms with E-state index in [2.05, 4.69) is 28.0 Å². The first-order valence-electron chi connectivity index (χ1n) is 7.10. The van der Waals surface area contributed by atoms with Gasteiger partial charge in [0.25, 0.3) is 0 Å². The first kappa shape index (κ1) is 14.7. The SMILES string of the molecule is CCc1nn(CC)c(CC(=O)C2CCCC2N)c1Br. The summed E-state index contributed by atoms with van der Waals surface area (Å²) in [5, 5.41) is 4.53. The maximum absolute atomic E-state index is 12.4. The van der Waals surface area contributed by atoms with Crippen LogP contribution in [0.4, 0.5) is 0 Å². The lowest BCUT2D eigenvalue weighted by Crippen LogP contribution is -2.32. The summed E-state index contributed by atoms with van der Waals surface area (Å²) >= 11 is 3.59. The molecule has 1 saturated carbocycles. The Morgan fingerprint density at radius 1 is 1.47 bits per heavy atom. The Morgan fingerprint density at radius 2 is 2.21 bits per heavy atom. The molecule has 2 rings (SSSR count). The van der Waals surface area contributed by atoms with Crippen molar-refractivity contribution in [2.75, 3.05) is 0 Å². The van der Waals surface area contributed by atoms with Gasteiger partial charge in [0.2, 0.25) is 0 Å². The first-order valence-corrected chi connectivity index (χ1v) is 7.90. The molecule has 0 aliphatic heterocycles. The van der Waals surface area contributed by atoms with Crippen LogP contribution in [-0.4, -0.2) is 21.6 Å². The van der Waals surface area contributed by atoms with Gasteiger partial charge in [-0.2, -0.15) is 5.10 Å². The lowest BCUT2D eigenvalue weighted by Gasteiger charge is -2.14. The highest BCUT2D eigenvalue weighted by Crippen LogP contribution is 2.28. The van der Waals surface area contributed by atoms with Crippen LogP contribution < -0.4 is 5.73 Å². The van der Waals surface area contributed by atoms with Gasteiger partial charge in [0.05, 0.1) is 15.9 Å². The van der Waals surface area contributed by atoms with Gasteiger partial charge < -0.3 is 5.73 Å². The molecule has 0 radical (unpaired) electrons. The van der Waals surface area contributed by atoms with Crippen molar-refractivity contribution >= 4 is 21.7 Å². The normalized spacial score (nSPS) is 22.9. The summed E-state index contributed by atoms with van der Waals surface area (Å²) in [7, 11) is 0. The fourth-order valence-electron chi connectivity index (χ4n) is 2.87. The van der Waals surface area contributed by atoms with E-state index in [1.807, 2.05) is 11.6 Å². The van der Waals surface area contributed by atoms with Crippen molar-refractivity contribution in [3.8, 4) is 0 Å². The number of Topliss-reactive ketones (excluding diaryl/α,β-unsaturated/α-hetero) is 1. The number of carbonyl (C=O) groups excluding carboxylic acids is 1. The zero-order valence-corrected chi connectivity index (χ0v) is 13.2. The Hall–Kier alpha value is -0.680. The molecule has 0 amide bonds. The largest absolute Gasteiger partial charge is 0.327 e. The van der Waals surface area contributed by atoms with Gasteiger partial charge >= 0.3 is 0 Å². The summed E-state index contributed by atoms with van der Waals surface area (Å²) in [5.74, 6) is 0.306. The third-order valence-electron chi connectivity index (χ3n) is 4.02. The van der Waals surface area contributed by atoms with Crippen molar-refractivity contribution in [3.05, 3.63) is 15.9 Å². The molecule has 0 spiro atoms. The summed E-state index contributed by atoms with van der Waals surface area (Å²) in [6.45, 7) is 4.91. The van der Waals surface area contributed by atoms with Crippen LogP contribution in [0.2, 0.25) is 0 Å². The van der Waals surface area contributed by atoms with Crippen molar-refractivity contribution < 1.29 is 4.79 Å². The first-order chi connectivity index (χ1) is 9.08. The van der Waals surface area contributed by atoms with Gasteiger partial charge in [0.15, 0.2) is 0 Å². The van der Waals surface area contributed by atoms with E-state index in [0.29, 0.717) is 6.42 Å². The summed E-state index contributed by atoms with van der Waals surface area (Å²) in [6, 6.07) is 0.0509. The number of halogens is 1. The van der Waals surface area contributed by atoms with Crippen LogP contribution >= 0.6 is 15.9 Å². The van der Waals surface area contributed by atoms with Gasteiger partial charge in [0, 0.05) is 24.9 Å². The molecule has 1 aliphatic rings. The minimum Gasteiger partial charge on any atom is -0.327 e. The van der Waals surface area contributed by atoms with Gasteiger partial charge in [-0.3, -0.25) is 9.48 Å². The van der Waals surface area contributed by atoms with Crippen molar-refractivity contribution in [1.82, 2.24) is 9.78 Å². The quantitative estimate of drug-likeness (QED) is 0.903. The number of rotatable bonds is 5. The highest BCUT2D eigenvalue weighted by atomic mass is 79.9. The third kappa shape index (κ3) is 2.92. The monoisotopic (exact) mass is 327 g/mol. The molecule has 106 valence electrons. The molecule has 0 bridgehead atoms. The molecule has 1 aromatic heterocycles. The average molecular weight is 328 g/mol. The van der Waals surface area contributed by atoms with Crippen molar-refractivity contribution in [1.29, 1.82) is 0 Å². The molecule has 1 heterocycles. The maximum atomic E-state index is 12.4. The summed E-state index contributed by atoms with van der Waals surface area (Å²) < 4.78 is 2.93. The molecule has 2 N–H and O–H groups in total. The summed E-state index contributed by atoms with van der Waals surface area (Å²) in [4.78, 5) is 12.4. The smallest absolute Gasteiger partial charge is 0.143 e. The minimum atomic E-state index is 0.0391. The van der Waals surface area contributed by atoms with E-state index in [-0.39, 0.29) is 17.7 Å². The molecule has 4 nitrogen and oxygen atoms in total. The zero-order valence-electron chi connectivity index (χ0n) is 11.7. The Balaban J connectivity index is 2.18. The number of nitrogens with two attached hydrogens (primary N) is 1. The van der Waals surface area contributed by atoms with Gasteiger partial charge in [-0.25, -0.2) is 0 Å². The van der Waals surface area contributed by atoms with Crippen molar-refractivity contribution in [3.63, 3.8) is 0 Å². The Labute approximate surface area is 122 Å². The Kier molecular flexibility index (Phi) is 4.79. The molecule has 1 fully saturated rings. The Bertz CT molecular complexity index is 470. The minimum absolute atomic E-state index is 0.0391. The number of aryl methyl sites for hydroxylation is 2. The molecule has 2 atom stereocenters. The molecule has 0 saturated heterocycles. The van der Waals surface area contributed by atoms with Crippen LogP contribution in [0.5, 0.6) is 0 Å². The summed E-state index contributed by atoms with van der Waals surface area (Å²) in [6.07, 6.45) is 4.31. The Morgan fingerprint density at radius 3 is 2.74 bits per heavy atom. The second-order valence-corrected chi connectivity index (χ2v) is 6.01. The average Bonchev–Trinajstić information content (AvgIpc) is 2.95. The van der Waals surface area contributed by atoms with E-state index in [1.165, 1.54) is 0 Å². The number of ketones is 1. The lowest BCUT2D eigenvalue weighted by molar-refractivity contribution is -0.122. The van der Waals surface area contributed by atoms with Crippen molar-refractivity contribution in [2.24, 2.45) is 11.7 Å². The lowest BCUT2D eigenvalue weighted by atomic mass is 9.95. The van der Waals surface area contributed by atoms with Crippen LogP contribution in [-0.2, 0) is 24.2 Å². The third-order valence-corrected chi connectivity index (χ3v) is 4.93. The highest BCUT2D eigenvalue weighted by Gasteiger charge is 2.31. The maximum Gasteiger partial charge on any atom is 0.143 e. The number of hydrogen-bond acceptors (Lipinski definition) is 3. The van der Waals surface area contributed by atoms with Gasteiger partial charge in [-0.1, -0.05) is 13.3 Å². The van der Waals surface area contributed by atoms with Gasteiger partial charge in [0.1, 0.15) is 5.78 Å². The van der Waals surface area contributed by atoms with Crippen LogP contribution in [0, 0.1) is 5.92 Å². The van der Waals surface area contributed by atoms with E-state index in [9.17, 15) is 4.79 Å². The molecule has 2 unspecified atom stereocenters. The van der Waals surface area contributed by atoms with Crippen LogP contribution in [0.1, 0.15) is 44.5 Å². The van der Waals surface area contributed by atoms with Crippen LogP contribution in [0.25, 0.3) is 0 Å². The fraction of sp³-hybridized carbons (Fsp3) is 0.714. The highest BCUT2D eigenvalue weighted by molar-refractivity contribution is 9.10. The fourth-order valence-corrected chi connectivity index (χ4v) is 3.58. The zero-order chi connectivity index (χ0) is 14.0. The topological polar surface area (TPSA) is 60.9 Å². The molecule has 0 aromatic carbocycles. The van der Waals surface area contributed by atoms with E-state index in [1.54, 1.807) is 0 Å². The van der Waals surface area contributed by atoms with Crippen molar-refractivity contribution in [2.45, 2.75) is 58.5 Å². The molecule has 19 heavy (non-hydrogen) atoms. The van der Waals surface area contributed by atoms with Crippen LogP contribution in [0.3, 0.4) is 0 Å². The molecule has 1 aromatic rings. The predicted octanol–water partition coefficient (Wildman–Crippen LogP) is 2.47. The summed E-state index contributed by atoms with van der Waals surface area (Å²) in [5.41, 5.74) is 8.05. The molecule has 1 aliphatic carbocycles. The van der Waals surface area contributed by atoms with Gasteiger partial charge in [-0.15, -0.1) is 0 Å². The molecular weight excluding hydrogens is 306 g/mol. The van der Waals surface area contributed by atoms with E-state index < -0.39 is 0 Å². The number of nitrogens with zero attached hydrogens (tertiary/aromatic N) is 2. The van der Waals surface area contributed by atoms with E-state index in [0.717, 1.165) is 48.1 Å². The number of carbonyl (C=O) groups is 1.